The second-order valence-electron chi connectivity index (χ2n) is 4.60. The molecule has 94 valence electrons. The summed E-state index contributed by atoms with van der Waals surface area (Å²) in [7, 11) is 0. The minimum Gasteiger partial charge on any atom is -0.464 e. The first kappa shape index (κ1) is 13.5. The first-order valence-corrected chi connectivity index (χ1v) is 6.03. The maximum atomic E-state index is 11.5. The van der Waals surface area contributed by atoms with Gasteiger partial charge in [0.2, 0.25) is 0 Å². The van der Waals surface area contributed by atoms with Crippen molar-refractivity contribution in [1.29, 1.82) is 0 Å². The fourth-order valence-electron chi connectivity index (χ4n) is 1.47. The predicted octanol–water partition coefficient (Wildman–Crippen LogP) is 2.12. The SMILES string of the molecule is CC(C)COC(=O)[C@@H](C)O[C@H]1CCCCO1. The molecule has 1 aliphatic rings. The molecule has 0 radical (unpaired) electrons. The molecule has 1 aliphatic heterocycles. The van der Waals surface area contributed by atoms with Crippen LogP contribution in [0.2, 0.25) is 0 Å². The third-order valence-corrected chi connectivity index (χ3v) is 2.38. The van der Waals surface area contributed by atoms with Gasteiger partial charge in [-0.2, -0.15) is 0 Å². The molecule has 16 heavy (non-hydrogen) atoms. The maximum absolute atomic E-state index is 11.5. The third-order valence-electron chi connectivity index (χ3n) is 2.38. The summed E-state index contributed by atoms with van der Waals surface area (Å²) in [6.45, 7) is 6.88. The van der Waals surface area contributed by atoms with Crippen molar-refractivity contribution in [2.24, 2.45) is 5.92 Å². The molecule has 0 aromatic heterocycles. The van der Waals surface area contributed by atoms with E-state index in [1.54, 1.807) is 6.92 Å². The molecule has 0 aromatic rings. The molecule has 0 N–H and O–H groups in total. The fraction of sp³-hybridized carbons (Fsp3) is 0.917. The molecule has 0 saturated carbocycles. The number of ether oxygens (including phenoxy) is 3. The van der Waals surface area contributed by atoms with E-state index in [9.17, 15) is 4.79 Å². The molecule has 0 spiro atoms. The zero-order valence-corrected chi connectivity index (χ0v) is 10.4. The van der Waals surface area contributed by atoms with Crippen LogP contribution in [0.3, 0.4) is 0 Å². The van der Waals surface area contributed by atoms with Crippen molar-refractivity contribution in [3.8, 4) is 0 Å². The molecule has 0 aliphatic carbocycles. The topological polar surface area (TPSA) is 44.8 Å². The second kappa shape index (κ2) is 6.86. The van der Waals surface area contributed by atoms with Crippen molar-refractivity contribution in [2.75, 3.05) is 13.2 Å². The van der Waals surface area contributed by atoms with Gasteiger partial charge in [0.15, 0.2) is 12.4 Å². The van der Waals surface area contributed by atoms with Crippen LogP contribution in [0.4, 0.5) is 0 Å². The summed E-state index contributed by atoms with van der Waals surface area (Å²) in [5, 5.41) is 0. The summed E-state index contributed by atoms with van der Waals surface area (Å²) in [5.41, 5.74) is 0. The highest BCUT2D eigenvalue weighted by Crippen LogP contribution is 2.15. The number of rotatable bonds is 5. The van der Waals surface area contributed by atoms with E-state index in [4.69, 9.17) is 14.2 Å². The number of carbonyl (C=O) groups is 1. The highest BCUT2D eigenvalue weighted by atomic mass is 16.7. The van der Waals surface area contributed by atoms with Gasteiger partial charge >= 0.3 is 5.97 Å². The molecule has 1 heterocycles. The molecule has 0 aromatic carbocycles. The van der Waals surface area contributed by atoms with Crippen LogP contribution >= 0.6 is 0 Å². The molecule has 0 bridgehead atoms. The number of hydrogen-bond donors (Lipinski definition) is 0. The van der Waals surface area contributed by atoms with Crippen LogP contribution in [0, 0.1) is 5.92 Å². The van der Waals surface area contributed by atoms with Crippen LogP contribution in [0.15, 0.2) is 0 Å². The van der Waals surface area contributed by atoms with Crippen LogP contribution < -0.4 is 0 Å². The van der Waals surface area contributed by atoms with Gasteiger partial charge in [0.25, 0.3) is 0 Å². The Hall–Kier alpha value is -0.610. The van der Waals surface area contributed by atoms with E-state index in [-0.39, 0.29) is 12.3 Å². The van der Waals surface area contributed by atoms with E-state index in [2.05, 4.69) is 0 Å². The normalized spacial score (nSPS) is 23.1. The highest BCUT2D eigenvalue weighted by molar-refractivity contribution is 5.74. The summed E-state index contributed by atoms with van der Waals surface area (Å²) in [5.74, 6) is 0.0463. The first-order chi connectivity index (χ1) is 7.59. The van der Waals surface area contributed by atoms with Gasteiger partial charge in [-0.3, -0.25) is 0 Å². The average molecular weight is 230 g/mol. The molecule has 1 rings (SSSR count). The smallest absolute Gasteiger partial charge is 0.335 e. The minimum absolute atomic E-state index is 0.240. The Morgan fingerprint density at radius 1 is 1.38 bits per heavy atom. The Bertz CT molecular complexity index is 209. The highest BCUT2D eigenvalue weighted by Gasteiger charge is 2.22. The van der Waals surface area contributed by atoms with Crippen molar-refractivity contribution in [3.05, 3.63) is 0 Å². The van der Waals surface area contributed by atoms with E-state index >= 15 is 0 Å². The van der Waals surface area contributed by atoms with Crippen LogP contribution in [0.5, 0.6) is 0 Å². The summed E-state index contributed by atoms with van der Waals surface area (Å²) in [6, 6.07) is 0. The molecule has 1 fully saturated rings. The van der Waals surface area contributed by atoms with Gasteiger partial charge < -0.3 is 14.2 Å². The summed E-state index contributed by atoms with van der Waals surface area (Å²) < 4.78 is 16.0. The van der Waals surface area contributed by atoms with Crippen LogP contribution in [0.25, 0.3) is 0 Å². The standard InChI is InChI=1S/C12H22O4/c1-9(2)8-15-12(13)10(3)16-11-6-4-5-7-14-11/h9-11H,4-8H2,1-3H3/t10-,11+/m1/s1. The number of carbonyl (C=O) groups excluding carboxylic acids is 1. The zero-order valence-electron chi connectivity index (χ0n) is 10.4. The lowest BCUT2D eigenvalue weighted by Crippen LogP contribution is -2.32. The Balaban J connectivity index is 2.21. The molecular formula is C12H22O4. The van der Waals surface area contributed by atoms with Crippen LogP contribution in [-0.4, -0.2) is 31.6 Å². The Morgan fingerprint density at radius 3 is 2.69 bits per heavy atom. The largest absolute Gasteiger partial charge is 0.464 e. The Kier molecular flexibility index (Phi) is 5.77. The summed E-state index contributed by atoms with van der Waals surface area (Å²) in [6.07, 6.45) is 2.25. The zero-order chi connectivity index (χ0) is 12.0. The molecule has 0 amide bonds. The van der Waals surface area contributed by atoms with Crippen LogP contribution in [0.1, 0.15) is 40.0 Å². The van der Waals surface area contributed by atoms with Crippen molar-refractivity contribution in [2.45, 2.75) is 52.4 Å². The molecule has 2 atom stereocenters. The summed E-state index contributed by atoms with van der Waals surface area (Å²) in [4.78, 5) is 11.5. The Labute approximate surface area is 97.2 Å². The quantitative estimate of drug-likeness (QED) is 0.679. The number of hydrogen-bond acceptors (Lipinski definition) is 4. The van der Waals surface area contributed by atoms with E-state index in [0.717, 1.165) is 25.9 Å². The minimum atomic E-state index is -0.540. The molecule has 0 unspecified atom stereocenters. The van der Waals surface area contributed by atoms with Crippen molar-refractivity contribution in [3.63, 3.8) is 0 Å². The van der Waals surface area contributed by atoms with Crippen molar-refractivity contribution >= 4 is 5.97 Å². The van der Waals surface area contributed by atoms with Crippen molar-refractivity contribution < 1.29 is 19.0 Å². The third kappa shape index (κ3) is 4.94. The second-order valence-corrected chi connectivity index (χ2v) is 4.60. The lowest BCUT2D eigenvalue weighted by molar-refractivity contribution is -0.201. The van der Waals surface area contributed by atoms with Gasteiger partial charge in [-0.15, -0.1) is 0 Å². The predicted molar refractivity (Wildman–Crippen MR) is 59.9 cm³/mol. The lowest BCUT2D eigenvalue weighted by atomic mass is 10.2. The first-order valence-electron chi connectivity index (χ1n) is 6.03. The Morgan fingerprint density at radius 2 is 2.12 bits per heavy atom. The fourth-order valence-corrected chi connectivity index (χ4v) is 1.47. The van der Waals surface area contributed by atoms with Gasteiger partial charge in [-0.25, -0.2) is 4.79 Å². The number of esters is 1. The van der Waals surface area contributed by atoms with E-state index < -0.39 is 6.10 Å². The van der Waals surface area contributed by atoms with Gasteiger partial charge in [0, 0.05) is 6.61 Å². The lowest BCUT2D eigenvalue weighted by Gasteiger charge is -2.25. The van der Waals surface area contributed by atoms with Gasteiger partial charge in [-0.1, -0.05) is 13.8 Å². The van der Waals surface area contributed by atoms with Crippen LogP contribution in [-0.2, 0) is 19.0 Å². The summed E-state index contributed by atoms with van der Waals surface area (Å²) >= 11 is 0. The molecular weight excluding hydrogens is 208 g/mol. The average Bonchev–Trinajstić information content (AvgIpc) is 2.27. The van der Waals surface area contributed by atoms with E-state index in [1.165, 1.54) is 0 Å². The molecule has 4 heteroatoms. The monoisotopic (exact) mass is 230 g/mol. The molecule has 1 saturated heterocycles. The van der Waals surface area contributed by atoms with Gasteiger partial charge in [-0.05, 0) is 32.1 Å². The molecule has 4 nitrogen and oxygen atoms in total. The maximum Gasteiger partial charge on any atom is 0.335 e. The van der Waals surface area contributed by atoms with Crippen molar-refractivity contribution in [1.82, 2.24) is 0 Å². The van der Waals surface area contributed by atoms with E-state index in [1.807, 2.05) is 13.8 Å². The van der Waals surface area contributed by atoms with E-state index in [0.29, 0.717) is 12.5 Å². The van der Waals surface area contributed by atoms with Gasteiger partial charge in [0.05, 0.1) is 6.61 Å². The van der Waals surface area contributed by atoms with Gasteiger partial charge in [0.1, 0.15) is 0 Å².